The third-order valence-electron chi connectivity index (χ3n) is 3.90. The predicted octanol–water partition coefficient (Wildman–Crippen LogP) is 4.46. The molecule has 0 aliphatic carbocycles. The molecule has 25 heavy (non-hydrogen) atoms. The molecule has 7 heteroatoms. The van der Waals surface area contributed by atoms with Crippen LogP contribution in [0.15, 0.2) is 5.38 Å². The number of aromatic nitrogens is 1. The number of esters is 1. The number of hydrogen-bond acceptors (Lipinski definition) is 5. The van der Waals surface area contributed by atoms with Crippen molar-refractivity contribution in [3.05, 3.63) is 11.1 Å². The Morgan fingerprint density at radius 1 is 1.28 bits per heavy atom. The van der Waals surface area contributed by atoms with Crippen molar-refractivity contribution in [2.24, 2.45) is 0 Å². The van der Waals surface area contributed by atoms with E-state index in [4.69, 9.17) is 4.74 Å². The number of anilines is 1. The van der Waals surface area contributed by atoms with Gasteiger partial charge in [-0.05, 0) is 26.7 Å². The van der Waals surface area contributed by atoms with Gasteiger partial charge in [0, 0.05) is 18.0 Å². The Hall–Kier alpha value is -1.63. The van der Waals surface area contributed by atoms with Crippen molar-refractivity contribution in [3.63, 3.8) is 0 Å². The van der Waals surface area contributed by atoms with Gasteiger partial charge < -0.3 is 9.64 Å². The molecule has 142 valence electrons. The van der Waals surface area contributed by atoms with Crippen LogP contribution in [0.4, 0.5) is 9.93 Å². The molecule has 0 aliphatic heterocycles. The van der Waals surface area contributed by atoms with Crippen molar-refractivity contribution in [2.45, 2.75) is 72.3 Å². The Morgan fingerprint density at radius 3 is 2.68 bits per heavy atom. The molecule has 0 bridgehead atoms. The van der Waals surface area contributed by atoms with E-state index in [1.54, 1.807) is 12.3 Å². The lowest BCUT2D eigenvalue weighted by Crippen LogP contribution is -2.42. The Morgan fingerprint density at radius 2 is 2.04 bits per heavy atom. The van der Waals surface area contributed by atoms with E-state index in [1.165, 1.54) is 11.3 Å². The molecule has 6 nitrogen and oxygen atoms in total. The van der Waals surface area contributed by atoms with Crippen LogP contribution in [-0.4, -0.2) is 41.1 Å². The second-order valence-electron chi connectivity index (χ2n) is 6.09. The molecule has 0 aromatic carbocycles. The van der Waals surface area contributed by atoms with Gasteiger partial charge in [0.05, 0.1) is 18.7 Å². The molecule has 1 aromatic rings. The minimum absolute atomic E-state index is 0.117. The quantitative estimate of drug-likeness (QED) is 0.462. The summed E-state index contributed by atoms with van der Waals surface area (Å²) in [7, 11) is 0. The maximum absolute atomic E-state index is 12.6. The summed E-state index contributed by atoms with van der Waals surface area (Å²) in [5.74, 6) is -0.302. The highest BCUT2D eigenvalue weighted by atomic mass is 32.1. The molecule has 0 radical (unpaired) electrons. The standard InChI is InChI=1S/C18H31N3O3S/c1-5-8-9-11-21(14(4)10-6-2)18(23)20-17-19-15(13-25-17)12-16(22)24-7-3/h13-14H,5-12H2,1-4H3,(H,19,20,23)/t14-/m1/s1. The molecule has 0 spiro atoms. The first-order chi connectivity index (χ1) is 12.0. The van der Waals surface area contributed by atoms with Crippen molar-refractivity contribution in [1.82, 2.24) is 9.88 Å². The first kappa shape index (κ1) is 21.4. The number of ether oxygens (including phenoxy) is 1. The number of nitrogens with one attached hydrogen (secondary N) is 1. The van der Waals surface area contributed by atoms with Gasteiger partial charge in [0.15, 0.2) is 5.13 Å². The smallest absolute Gasteiger partial charge is 0.323 e. The van der Waals surface area contributed by atoms with Crippen LogP contribution in [0.2, 0.25) is 0 Å². The highest BCUT2D eigenvalue weighted by molar-refractivity contribution is 7.13. The number of rotatable bonds is 11. The first-order valence-electron chi connectivity index (χ1n) is 9.19. The normalized spacial score (nSPS) is 11.8. The van der Waals surface area contributed by atoms with Crippen LogP contribution in [0.3, 0.4) is 0 Å². The van der Waals surface area contributed by atoms with E-state index < -0.39 is 0 Å². The second-order valence-corrected chi connectivity index (χ2v) is 6.95. The van der Waals surface area contributed by atoms with Gasteiger partial charge in [-0.25, -0.2) is 9.78 Å². The molecular formula is C18H31N3O3S. The first-order valence-corrected chi connectivity index (χ1v) is 10.1. The molecule has 1 N–H and O–H groups in total. The number of hydrogen-bond donors (Lipinski definition) is 1. The van der Waals surface area contributed by atoms with Gasteiger partial charge in [-0.3, -0.25) is 10.1 Å². The van der Waals surface area contributed by atoms with Crippen molar-refractivity contribution < 1.29 is 14.3 Å². The van der Waals surface area contributed by atoms with Gasteiger partial charge in [-0.2, -0.15) is 0 Å². The summed E-state index contributed by atoms with van der Waals surface area (Å²) in [6.45, 7) is 9.25. The molecule has 0 fully saturated rings. The average Bonchev–Trinajstić information content (AvgIpc) is 2.98. The van der Waals surface area contributed by atoms with Gasteiger partial charge in [-0.1, -0.05) is 33.1 Å². The lowest BCUT2D eigenvalue weighted by atomic mass is 10.1. The second kappa shape index (κ2) is 11.8. The number of thiazole rings is 1. The fraction of sp³-hybridized carbons (Fsp3) is 0.722. The minimum Gasteiger partial charge on any atom is -0.466 e. The van der Waals surface area contributed by atoms with E-state index >= 15 is 0 Å². The lowest BCUT2D eigenvalue weighted by Gasteiger charge is -2.29. The molecule has 2 amide bonds. The van der Waals surface area contributed by atoms with Gasteiger partial charge in [-0.15, -0.1) is 11.3 Å². The largest absolute Gasteiger partial charge is 0.466 e. The summed E-state index contributed by atoms with van der Waals surface area (Å²) >= 11 is 1.33. The van der Waals surface area contributed by atoms with Gasteiger partial charge in [0.25, 0.3) is 0 Å². The summed E-state index contributed by atoms with van der Waals surface area (Å²) in [6, 6.07) is 0.0786. The molecule has 1 aromatic heterocycles. The van der Waals surface area contributed by atoms with E-state index in [0.29, 0.717) is 17.4 Å². The van der Waals surface area contributed by atoms with Crippen LogP contribution in [0.1, 0.15) is 65.5 Å². The third kappa shape index (κ3) is 7.86. The van der Waals surface area contributed by atoms with Crippen LogP contribution in [-0.2, 0) is 16.0 Å². The van der Waals surface area contributed by atoms with Crippen LogP contribution in [0, 0.1) is 0 Å². The van der Waals surface area contributed by atoms with Crippen molar-refractivity contribution in [3.8, 4) is 0 Å². The minimum atomic E-state index is -0.302. The molecule has 1 rings (SSSR count). The maximum atomic E-state index is 12.6. The number of amides is 2. The highest BCUT2D eigenvalue weighted by Gasteiger charge is 2.20. The SMILES string of the molecule is CCCCCN(C(=O)Nc1nc(CC(=O)OCC)cs1)[C@H](C)CCC. The predicted molar refractivity (Wildman–Crippen MR) is 102 cm³/mol. The monoisotopic (exact) mass is 369 g/mol. The lowest BCUT2D eigenvalue weighted by molar-refractivity contribution is -0.142. The zero-order valence-corrected chi connectivity index (χ0v) is 16.7. The van der Waals surface area contributed by atoms with Crippen LogP contribution in [0.25, 0.3) is 0 Å². The summed E-state index contributed by atoms with van der Waals surface area (Å²) in [5, 5.41) is 5.18. The third-order valence-corrected chi connectivity index (χ3v) is 4.70. The zero-order chi connectivity index (χ0) is 18.7. The van der Waals surface area contributed by atoms with Gasteiger partial charge >= 0.3 is 12.0 Å². The molecule has 1 atom stereocenters. The summed E-state index contributed by atoms with van der Waals surface area (Å²) in [4.78, 5) is 30.4. The van der Waals surface area contributed by atoms with Gasteiger partial charge in [0.1, 0.15) is 0 Å². The molecule has 0 saturated carbocycles. The van der Waals surface area contributed by atoms with Crippen molar-refractivity contribution >= 4 is 28.5 Å². The molecule has 0 aliphatic rings. The Kier molecular flexibility index (Phi) is 10.1. The number of unbranched alkanes of at least 4 members (excludes halogenated alkanes) is 2. The highest BCUT2D eigenvalue weighted by Crippen LogP contribution is 2.18. The van der Waals surface area contributed by atoms with Crippen LogP contribution in [0.5, 0.6) is 0 Å². The van der Waals surface area contributed by atoms with E-state index in [9.17, 15) is 9.59 Å². The summed E-state index contributed by atoms with van der Waals surface area (Å²) in [5.41, 5.74) is 0.623. The van der Waals surface area contributed by atoms with Crippen molar-refractivity contribution in [1.29, 1.82) is 0 Å². The van der Waals surface area contributed by atoms with Crippen LogP contribution < -0.4 is 5.32 Å². The molecule has 0 unspecified atom stereocenters. The fourth-order valence-corrected chi connectivity index (χ4v) is 3.30. The Labute approximate surface area is 155 Å². The number of urea groups is 1. The molecule has 0 saturated heterocycles. The van der Waals surface area contributed by atoms with E-state index in [1.807, 2.05) is 4.90 Å². The Balaban J connectivity index is 2.65. The van der Waals surface area contributed by atoms with Crippen LogP contribution >= 0.6 is 11.3 Å². The topological polar surface area (TPSA) is 71.5 Å². The van der Waals surface area contributed by atoms with E-state index in [2.05, 4.69) is 31.1 Å². The van der Waals surface area contributed by atoms with E-state index in [0.717, 1.165) is 38.6 Å². The summed E-state index contributed by atoms with van der Waals surface area (Å²) in [6.07, 6.45) is 5.40. The zero-order valence-electron chi connectivity index (χ0n) is 15.8. The van der Waals surface area contributed by atoms with Crippen molar-refractivity contribution in [2.75, 3.05) is 18.5 Å². The fourth-order valence-electron chi connectivity index (χ4n) is 2.60. The van der Waals surface area contributed by atoms with E-state index in [-0.39, 0.29) is 24.5 Å². The molecule has 1 heterocycles. The van der Waals surface area contributed by atoms with Gasteiger partial charge in [0.2, 0.25) is 0 Å². The number of carbonyl (C=O) groups is 2. The number of nitrogens with zero attached hydrogens (tertiary/aromatic N) is 2. The molecular weight excluding hydrogens is 338 g/mol. The number of carbonyl (C=O) groups excluding carboxylic acids is 2. The Bertz CT molecular complexity index is 533. The average molecular weight is 370 g/mol. The maximum Gasteiger partial charge on any atom is 0.323 e. The summed E-state index contributed by atoms with van der Waals surface area (Å²) < 4.78 is 4.92.